The molecule has 0 saturated heterocycles. The predicted molar refractivity (Wildman–Crippen MR) is 87.5 cm³/mol. The molecule has 0 aliphatic rings. The van der Waals surface area contributed by atoms with Crippen molar-refractivity contribution in [2.24, 2.45) is 0 Å². The molecule has 0 radical (unpaired) electrons. The Bertz CT molecular complexity index is 825. The van der Waals surface area contributed by atoms with E-state index in [2.05, 4.69) is 23.2 Å². The van der Waals surface area contributed by atoms with Gasteiger partial charge in [0.1, 0.15) is 0 Å². The van der Waals surface area contributed by atoms with Crippen LogP contribution in [0.5, 0.6) is 5.88 Å². The van der Waals surface area contributed by atoms with Crippen LogP contribution in [0.2, 0.25) is 0 Å². The van der Waals surface area contributed by atoms with Crippen LogP contribution >= 0.6 is 0 Å². The monoisotopic (exact) mass is 291 g/mol. The summed E-state index contributed by atoms with van der Waals surface area (Å²) in [6, 6.07) is 17.8. The number of ether oxygens (including phenoxy) is 1. The van der Waals surface area contributed by atoms with Crippen LogP contribution in [0, 0.1) is 0 Å². The first-order valence-corrected chi connectivity index (χ1v) is 7.20. The van der Waals surface area contributed by atoms with E-state index >= 15 is 0 Å². The first kappa shape index (κ1) is 14.3. The quantitative estimate of drug-likeness (QED) is 0.681. The van der Waals surface area contributed by atoms with Gasteiger partial charge in [0.15, 0.2) is 5.78 Å². The highest BCUT2D eigenvalue weighted by atomic mass is 16.5. The summed E-state index contributed by atoms with van der Waals surface area (Å²) in [5.41, 5.74) is 3.75. The van der Waals surface area contributed by atoms with Crippen LogP contribution in [-0.4, -0.2) is 17.9 Å². The van der Waals surface area contributed by atoms with E-state index in [0.717, 1.165) is 22.9 Å². The lowest BCUT2D eigenvalue weighted by Gasteiger charge is -2.10. The molecule has 0 unspecified atom stereocenters. The molecule has 0 fully saturated rings. The maximum atomic E-state index is 11.5. The van der Waals surface area contributed by atoms with Gasteiger partial charge in [0.25, 0.3) is 0 Å². The van der Waals surface area contributed by atoms with Gasteiger partial charge in [-0.1, -0.05) is 30.3 Å². The van der Waals surface area contributed by atoms with E-state index in [4.69, 9.17) is 4.74 Å². The lowest BCUT2D eigenvalue weighted by molar-refractivity contribution is 0.101. The Hall–Kier alpha value is -2.68. The van der Waals surface area contributed by atoms with Gasteiger partial charge in [-0.25, -0.2) is 4.98 Å². The van der Waals surface area contributed by atoms with Gasteiger partial charge in [0.2, 0.25) is 5.88 Å². The third-order valence-corrected chi connectivity index (χ3v) is 3.69. The van der Waals surface area contributed by atoms with Crippen LogP contribution in [-0.2, 0) is 6.42 Å². The van der Waals surface area contributed by atoms with E-state index in [1.165, 1.54) is 5.56 Å². The summed E-state index contributed by atoms with van der Waals surface area (Å²) in [7, 11) is 1.63. The van der Waals surface area contributed by atoms with Gasteiger partial charge in [0.05, 0.1) is 12.6 Å². The Kier molecular flexibility index (Phi) is 3.88. The molecule has 3 nitrogen and oxygen atoms in total. The lowest BCUT2D eigenvalue weighted by Crippen LogP contribution is -1.98. The highest BCUT2D eigenvalue weighted by Crippen LogP contribution is 2.25. The second kappa shape index (κ2) is 5.98. The van der Waals surface area contributed by atoms with Crippen molar-refractivity contribution in [3.05, 3.63) is 71.3 Å². The second-order valence-corrected chi connectivity index (χ2v) is 5.28. The normalized spacial score (nSPS) is 10.6. The Morgan fingerprint density at radius 3 is 2.55 bits per heavy atom. The summed E-state index contributed by atoms with van der Waals surface area (Å²) >= 11 is 0. The van der Waals surface area contributed by atoms with Gasteiger partial charge in [0, 0.05) is 22.9 Å². The van der Waals surface area contributed by atoms with Crippen LogP contribution in [0.25, 0.3) is 10.9 Å². The maximum absolute atomic E-state index is 11.5. The standard InChI is InChI=1S/C19H17NO2/c1-13(21)15-8-9-18-16(11-15)12-17(19(20-18)22-2)10-14-6-4-3-5-7-14/h3-9,11-12H,10H2,1-2H3. The van der Waals surface area contributed by atoms with Crippen molar-refractivity contribution >= 4 is 16.7 Å². The van der Waals surface area contributed by atoms with Gasteiger partial charge in [-0.05, 0) is 36.8 Å². The van der Waals surface area contributed by atoms with E-state index in [9.17, 15) is 4.79 Å². The van der Waals surface area contributed by atoms with E-state index < -0.39 is 0 Å². The molecule has 0 N–H and O–H groups in total. The third-order valence-electron chi connectivity index (χ3n) is 3.69. The molecule has 1 heterocycles. The largest absolute Gasteiger partial charge is 0.481 e. The molecule has 0 atom stereocenters. The Balaban J connectivity index is 2.09. The Labute approximate surface area is 129 Å². The zero-order chi connectivity index (χ0) is 15.5. The molecule has 0 saturated carbocycles. The van der Waals surface area contributed by atoms with Crippen molar-refractivity contribution < 1.29 is 9.53 Å². The number of aromatic nitrogens is 1. The first-order valence-electron chi connectivity index (χ1n) is 7.20. The minimum Gasteiger partial charge on any atom is -0.481 e. The molecular weight excluding hydrogens is 274 g/mol. The first-order chi connectivity index (χ1) is 10.7. The fraction of sp³-hybridized carbons (Fsp3) is 0.158. The Morgan fingerprint density at radius 2 is 1.86 bits per heavy atom. The van der Waals surface area contributed by atoms with Gasteiger partial charge >= 0.3 is 0 Å². The number of pyridine rings is 1. The average Bonchev–Trinajstić information content (AvgIpc) is 2.54. The molecule has 0 bridgehead atoms. The zero-order valence-corrected chi connectivity index (χ0v) is 12.7. The molecule has 0 amide bonds. The van der Waals surface area contributed by atoms with E-state index in [-0.39, 0.29) is 5.78 Å². The SMILES string of the molecule is COc1nc2ccc(C(C)=O)cc2cc1Cc1ccccc1. The number of nitrogens with zero attached hydrogens (tertiary/aromatic N) is 1. The number of methoxy groups -OCH3 is 1. The van der Waals surface area contributed by atoms with E-state index in [1.807, 2.05) is 30.3 Å². The smallest absolute Gasteiger partial charge is 0.217 e. The highest BCUT2D eigenvalue weighted by Gasteiger charge is 2.10. The number of ketones is 1. The minimum atomic E-state index is 0.0577. The maximum Gasteiger partial charge on any atom is 0.217 e. The Morgan fingerprint density at radius 1 is 1.09 bits per heavy atom. The van der Waals surface area contributed by atoms with Crippen molar-refractivity contribution in [3.63, 3.8) is 0 Å². The number of Topliss-reactive ketones (excluding diaryl/α,β-unsaturated/α-hetero) is 1. The number of hydrogen-bond acceptors (Lipinski definition) is 3. The number of fused-ring (bicyclic) bond motifs is 1. The molecule has 3 aromatic rings. The summed E-state index contributed by atoms with van der Waals surface area (Å²) in [6.07, 6.45) is 0.747. The van der Waals surface area contributed by atoms with Crippen LogP contribution < -0.4 is 4.74 Å². The number of rotatable bonds is 4. The average molecular weight is 291 g/mol. The van der Waals surface area contributed by atoms with Crippen LogP contribution in [0.15, 0.2) is 54.6 Å². The number of benzene rings is 2. The molecule has 3 rings (SSSR count). The molecule has 0 spiro atoms. The predicted octanol–water partition coefficient (Wildman–Crippen LogP) is 4.04. The summed E-state index contributed by atoms with van der Waals surface area (Å²) in [4.78, 5) is 16.1. The fourth-order valence-electron chi connectivity index (χ4n) is 2.54. The van der Waals surface area contributed by atoms with Crippen LogP contribution in [0.4, 0.5) is 0 Å². The minimum absolute atomic E-state index is 0.0577. The van der Waals surface area contributed by atoms with Crippen molar-refractivity contribution in [3.8, 4) is 5.88 Å². The topological polar surface area (TPSA) is 39.2 Å². The molecule has 0 aliphatic carbocycles. The molecule has 1 aromatic heterocycles. The summed E-state index contributed by atoms with van der Waals surface area (Å²) in [5.74, 6) is 0.689. The van der Waals surface area contributed by atoms with E-state index in [1.54, 1.807) is 20.1 Å². The fourth-order valence-corrected chi connectivity index (χ4v) is 2.54. The zero-order valence-electron chi connectivity index (χ0n) is 12.7. The molecule has 3 heteroatoms. The number of hydrogen-bond donors (Lipinski definition) is 0. The molecular formula is C19H17NO2. The molecule has 2 aromatic carbocycles. The molecule has 22 heavy (non-hydrogen) atoms. The summed E-state index contributed by atoms with van der Waals surface area (Å²) < 4.78 is 5.43. The van der Waals surface area contributed by atoms with Gasteiger partial charge in [-0.15, -0.1) is 0 Å². The van der Waals surface area contributed by atoms with Crippen molar-refractivity contribution in [2.75, 3.05) is 7.11 Å². The molecule has 0 aliphatic heterocycles. The number of carbonyl (C=O) groups excluding carboxylic acids is 1. The van der Waals surface area contributed by atoms with Gasteiger partial charge in [-0.2, -0.15) is 0 Å². The summed E-state index contributed by atoms with van der Waals surface area (Å²) in [5, 5.41) is 0.958. The van der Waals surface area contributed by atoms with Crippen LogP contribution in [0.1, 0.15) is 28.4 Å². The summed E-state index contributed by atoms with van der Waals surface area (Å²) in [6.45, 7) is 1.57. The van der Waals surface area contributed by atoms with Gasteiger partial charge in [-0.3, -0.25) is 4.79 Å². The van der Waals surface area contributed by atoms with Gasteiger partial charge < -0.3 is 4.74 Å². The molecule has 110 valence electrons. The second-order valence-electron chi connectivity index (χ2n) is 5.28. The van der Waals surface area contributed by atoms with E-state index in [0.29, 0.717) is 11.4 Å². The highest BCUT2D eigenvalue weighted by molar-refractivity contribution is 5.98. The third kappa shape index (κ3) is 2.84. The van der Waals surface area contributed by atoms with Crippen molar-refractivity contribution in [1.29, 1.82) is 0 Å². The lowest BCUT2D eigenvalue weighted by atomic mass is 10.0. The van der Waals surface area contributed by atoms with Crippen molar-refractivity contribution in [2.45, 2.75) is 13.3 Å². The van der Waals surface area contributed by atoms with Crippen LogP contribution in [0.3, 0.4) is 0 Å². The van der Waals surface area contributed by atoms with Crippen molar-refractivity contribution in [1.82, 2.24) is 4.98 Å². The number of carbonyl (C=O) groups is 1.